The van der Waals surface area contributed by atoms with Crippen LogP contribution in [0.4, 0.5) is 0 Å². The molecule has 0 N–H and O–H groups in total. The Balaban J connectivity index is 1.78. The van der Waals surface area contributed by atoms with Crippen molar-refractivity contribution in [1.29, 1.82) is 0 Å². The first-order valence-corrected chi connectivity index (χ1v) is 8.48. The van der Waals surface area contributed by atoms with Gasteiger partial charge in [0.1, 0.15) is 0 Å². The molecule has 130 valence electrons. The second-order valence-electron chi connectivity index (χ2n) is 7.53. The van der Waals surface area contributed by atoms with Crippen LogP contribution in [0.3, 0.4) is 0 Å². The van der Waals surface area contributed by atoms with E-state index >= 15 is 0 Å². The molecule has 1 saturated heterocycles. The lowest BCUT2D eigenvalue weighted by Gasteiger charge is -2.38. The Morgan fingerprint density at radius 3 is 2.71 bits per heavy atom. The Labute approximate surface area is 142 Å². The van der Waals surface area contributed by atoms with Gasteiger partial charge in [-0.2, -0.15) is 5.10 Å². The lowest BCUT2D eigenvalue weighted by atomic mass is 9.78. The fourth-order valence-corrected chi connectivity index (χ4v) is 3.19. The summed E-state index contributed by atoms with van der Waals surface area (Å²) in [5.41, 5.74) is 2.19. The first-order valence-electron chi connectivity index (χ1n) is 8.48. The summed E-state index contributed by atoms with van der Waals surface area (Å²) in [6.45, 7) is 9.41. The Bertz CT molecular complexity index is 724. The Kier molecular flexibility index (Phi) is 4.58. The quantitative estimate of drug-likeness (QED) is 0.860. The minimum absolute atomic E-state index is 0.0440. The van der Waals surface area contributed by atoms with Gasteiger partial charge in [-0.3, -0.25) is 4.68 Å². The third-order valence-corrected chi connectivity index (χ3v) is 4.63. The van der Waals surface area contributed by atoms with E-state index in [1.807, 2.05) is 37.0 Å². The van der Waals surface area contributed by atoms with Crippen LogP contribution in [0, 0.1) is 12.3 Å². The van der Waals surface area contributed by atoms with Crippen LogP contribution in [0.2, 0.25) is 0 Å². The van der Waals surface area contributed by atoms with Gasteiger partial charge in [0.15, 0.2) is 0 Å². The predicted octanol–water partition coefficient (Wildman–Crippen LogP) is 3.59. The smallest absolute Gasteiger partial charge is 0.240 e. The zero-order chi connectivity index (χ0) is 17.3. The predicted molar refractivity (Wildman–Crippen MR) is 92.3 cm³/mol. The van der Waals surface area contributed by atoms with Gasteiger partial charge in [-0.1, -0.05) is 20.8 Å². The van der Waals surface area contributed by atoms with Gasteiger partial charge in [-0.15, -0.1) is 10.2 Å². The van der Waals surface area contributed by atoms with Crippen molar-refractivity contribution >= 4 is 12.2 Å². The molecule has 0 unspecified atom stereocenters. The highest BCUT2D eigenvalue weighted by Gasteiger charge is 2.39. The molecule has 6 nitrogen and oxygen atoms in total. The molecule has 0 saturated carbocycles. The van der Waals surface area contributed by atoms with Gasteiger partial charge in [-0.25, -0.2) is 0 Å². The standard InChI is InChI=1S/C18H26N4O2/c1-12-13(11-19-22(12)5)8-9-15-20-21-17(24-15)14-7-6-10-23-16(14)18(2,3)4/h8-9,11,14,16H,6-7,10H2,1-5H3/b9-8+/t14-,16-/m1/s1. The SMILES string of the molecule is Cc1c(/C=C/c2nnc([C@@H]3CCCO[C@H]3C(C)(C)C)o2)cnn1C. The highest BCUT2D eigenvalue weighted by molar-refractivity contribution is 5.66. The summed E-state index contributed by atoms with van der Waals surface area (Å²) in [6.07, 6.45) is 7.78. The molecule has 1 aliphatic rings. The molecule has 6 heteroatoms. The molecule has 0 bridgehead atoms. The second-order valence-corrected chi connectivity index (χ2v) is 7.53. The fourth-order valence-electron chi connectivity index (χ4n) is 3.19. The monoisotopic (exact) mass is 330 g/mol. The Morgan fingerprint density at radius 1 is 1.25 bits per heavy atom. The zero-order valence-electron chi connectivity index (χ0n) is 15.1. The van der Waals surface area contributed by atoms with E-state index in [0.29, 0.717) is 11.8 Å². The van der Waals surface area contributed by atoms with Crippen molar-refractivity contribution in [1.82, 2.24) is 20.0 Å². The third-order valence-electron chi connectivity index (χ3n) is 4.63. The van der Waals surface area contributed by atoms with Crippen molar-refractivity contribution in [3.05, 3.63) is 29.2 Å². The molecule has 0 aromatic carbocycles. The number of aryl methyl sites for hydroxylation is 1. The highest BCUT2D eigenvalue weighted by atomic mass is 16.5. The molecule has 2 atom stereocenters. The lowest BCUT2D eigenvalue weighted by Crippen LogP contribution is -2.38. The maximum Gasteiger partial charge on any atom is 0.240 e. The van der Waals surface area contributed by atoms with Crippen LogP contribution < -0.4 is 0 Å². The number of hydrogen-bond acceptors (Lipinski definition) is 5. The van der Waals surface area contributed by atoms with Crippen LogP contribution >= 0.6 is 0 Å². The summed E-state index contributed by atoms with van der Waals surface area (Å²) in [6, 6.07) is 0. The first kappa shape index (κ1) is 16.9. The van der Waals surface area contributed by atoms with Crippen LogP contribution in [-0.4, -0.2) is 32.7 Å². The molecule has 24 heavy (non-hydrogen) atoms. The molecule has 2 aromatic rings. The molecule has 1 fully saturated rings. The molecular formula is C18H26N4O2. The number of aromatic nitrogens is 4. The van der Waals surface area contributed by atoms with Crippen molar-refractivity contribution in [3.63, 3.8) is 0 Å². The summed E-state index contributed by atoms with van der Waals surface area (Å²) in [7, 11) is 1.92. The van der Waals surface area contributed by atoms with Crippen LogP contribution in [0.25, 0.3) is 12.2 Å². The summed E-state index contributed by atoms with van der Waals surface area (Å²) in [5, 5.41) is 12.7. The minimum atomic E-state index is 0.0440. The number of nitrogens with zero attached hydrogens (tertiary/aromatic N) is 4. The van der Waals surface area contributed by atoms with E-state index in [-0.39, 0.29) is 17.4 Å². The van der Waals surface area contributed by atoms with Crippen molar-refractivity contribution in [3.8, 4) is 0 Å². The summed E-state index contributed by atoms with van der Waals surface area (Å²) >= 11 is 0. The van der Waals surface area contributed by atoms with Gasteiger partial charge in [0.2, 0.25) is 11.8 Å². The Hall–Kier alpha value is -1.95. The Morgan fingerprint density at radius 2 is 2.04 bits per heavy atom. The van der Waals surface area contributed by atoms with Crippen molar-refractivity contribution in [2.45, 2.75) is 52.6 Å². The van der Waals surface area contributed by atoms with E-state index in [9.17, 15) is 0 Å². The van der Waals surface area contributed by atoms with Crippen molar-refractivity contribution < 1.29 is 9.15 Å². The van der Waals surface area contributed by atoms with Gasteiger partial charge in [0.05, 0.1) is 18.2 Å². The molecule has 0 radical (unpaired) electrons. The summed E-state index contributed by atoms with van der Waals surface area (Å²) < 4.78 is 13.7. The summed E-state index contributed by atoms with van der Waals surface area (Å²) in [5.74, 6) is 1.36. The molecule has 3 rings (SSSR count). The minimum Gasteiger partial charge on any atom is -0.421 e. The maximum absolute atomic E-state index is 6.01. The van der Waals surface area contributed by atoms with E-state index in [2.05, 4.69) is 36.1 Å². The van der Waals surface area contributed by atoms with Crippen molar-refractivity contribution in [2.24, 2.45) is 12.5 Å². The van der Waals surface area contributed by atoms with Crippen molar-refractivity contribution in [2.75, 3.05) is 6.61 Å². The van der Waals surface area contributed by atoms with Gasteiger partial charge >= 0.3 is 0 Å². The van der Waals surface area contributed by atoms with Gasteiger partial charge in [0, 0.05) is 31.0 Å². The molecule has 2 aromatic heterocycles. The molecule has 1 aliphatic heterocycles. The van der Waals surface area contributed by atoms with Gasteiger partial charge in [-0.05, 0) is 31.3 Å². The number of rotatable bonds is 3. The van der Waals surface area contributed by atoms with E-state index in [1.165, 1.54) is 0 Å². The molecule has 0 amide bonds. The van der Waals surface area contributed by atoms with E-state index < -0.39 is 0 Å². The van der Waals surface area contributed by atoms with Crippen LogP contribution in [0.5, 0.6) is 0 Å². The largest absolute Gasteiger partial charge is 0.421 e. The summed E-state index contributed by atoms with van der Waals surface area (Å²) in [4.78, 5) is 0. The van der Waals surface area contributed by atoms with E-state index in [4.69, 9.17) is 9.15 Å². The molecular weight excluding hydrogens is 304 g/mol. The van der Waals surface area contributed by atoms with Gasteiger partial charge in [0.25, 0.3) is 0 Å². The topological polar surface area (TPSA) is 66.0 Å². The normalized spacial score (nSPS) is 22.4. The van der Waals surface area contributed by atoms with Gasteiger partial charge < -0.3 is 9.15 Å². The average molecular weight is 330 g/mol. The lowest BCUT2D eigenvalue weighted by molar-refractivity contribution is -0.0677. The van der Waals surface area contributed by atoms with E-state index in [0.717, 1.165) is 30.7 Å². The van der Waals surface area contributed by atoms with Crippen LogP contribution in [0.15, 0.2) is 10.6 Å². The number of hydrogen-bond donors (Lipinski definition) is 0. The maximum atomic E-state index is 6.01. The molecule has 0 aliphatic carbocycles. The molecule has 0 spiro atoms. The van der Waals surface area contributed by atoms with Crippen LogP contribution in [-0.2, 0) is 11.8 Å². The zero-order valence-corrected chi connectivity index (χ0v) is 15.1. The molecule has 3 heterocycles. The van der Waals surface area contributed by atoms with Crippen LogP contribution in [0.1, 0.15) is 62.6 Å². The number of ether oxygens (including phenoxy) is 1. The second kappa shape index (κ2) is 6.51. The third kappa shape index (κ3) is 3.43. The fraction of sp³-hybridized carbons (Fsp3) is 0.611. The average Bonchev–Trinajstić information content (AvgIpc) is 3.13. The highest BCUT2D eigenvalue weighted by Crippen LogP contribution is 2.39. The van der Waals surface area contributed by atoms with E-state index in [1.54, 1.807) is 0 Å². The first-order chi connectivity index (χ1) is 11.4.